The van der Waals surface area contributed by atoms with Crippen LogP contribution in [0.3, 0.4) is 0 Å². The first kappa shape index (κ1) is 26.3. The Balaban J connectivity index is 1.48. The number of halogens is 1. The van der Waals surface area contributed by atoms with Gasteiger partial charge in [0.25, 0.3) is 0 Å². The van der Waals surface area contributed by atoms with Gasteiger partial charge in [-0.25, -0.2) is 13.4 Å². The van der Waals surface area contributed by atoms with Gasteiger partial charge in [-0.2, -0.15) is 0 Å². The van der Waals surface area contributed by atoms with E-state index in [0.717, 1.165) is 62.0 Å². The third-order valence-corrected chi connectivity index (χ3v) is 10.8. The zero-order valence-corrected chi connectivity index (χ0v) is 23.2. The highest BCUT2D eigenvalue weighted by Gasteiger charge is 2.32. The lowest BCUT2D eigenvalue weighted by atomic mass is 9.92. The normalized spacial score (nSPS) is 22.1. The summed E-state index contributed by atoms with van der Waals surface area (Å²) in [6.07, 6.45) is 10.2. The van der Waals surface area contributed by atoms with Crippen LogP contribution in [0.25, 0.3) is 16.6 Å². The Hall–Kier alpha value is -2.29. The molecule has 2 aliphatic heterocycles. The van der Waals surface area contributed by atoms with Gasteiger partial charge in [-0.05, 0) is 101 Å². The van der Waals surface area contributed by atoms with Crippen molar-refractivity contribution in [2.24, 2.45) is 11.8 Å². The first-order valence-electron chi connectivity index (χ1n) is 13.5. The van der Waals surface area contributed by atoms with Gasteiger partial charge in [-0.1, -0.05) is 0 Å². The summed E-state index contributed by atoms with van der Waals surface area (Å²) in [5.41, 5.74) is 3.83. The number of aromatic nitrogens is 2. The van der Waals surface area contributed by atoms with Gasteiger partial charge in [0.15, 0.2) is 0 Å². The molecule has 200 valence electrons. The third kappa shape index (κ3) is 5.08. The van der Waals surface area contributed by atoms with Gasteiger partial charge in [-0.3, -0.25) is 4.98 Å². The SMILES string of the molecule is Cc1cncc2c1c(C[C@@H]1CCN([C@@H](C)C3CCOCC3)C1)cn2-c1ccc(F)cc1[S@](=N)(=O)C(C)C. The van der Waals surface area contributed by atoms with Crippen molar-refractivity contribution in [3.63, 3.8) is 0 Å². The summed E-state index contributed by atoms with van der Waals surface area (Å²) in [6, 6.07) is 4.88. The molecule has 0 amide bonds. The van der Waals surface area contributed by atoms with Crippen molar-refractivity contribution in [2.45, 2.75) is 69.6 Å². The topological polar surface area (TPSA) is 71.2 Å². The van der Waals surface area contributed by atoms with Crippen molar-refractivity contribution in [3.8, 4) is 5.69 Å². The summed E-state index contributed by atoms with van der Waals surface area (Å²) in [5.74, 6) is 0.785. The Morgan fingerprint density at radius 2 is 1.95 bits per heavy atom. The van der Waals surface area contributed by atoms with Crippen LogP contribution in [0.15, 0.2) is 41.7 Å². The lowest BCUT2D eigenvalue weighted by Gasteiger charge is -2.34. The number of aryl methyl sites for hydroxylation is 1. The fourth-order valence-electron chi connectivity index (χ4n) is 6.19. The number of nitrogens with one attached hydrogen (secondary N) is 1. The van der Waals surface area contributed by atoms with Crippen LogP contribution in [0.1, 0.15) is 51.2 Å². The van der Waals surface area contributed by atoms with Gasteiger partial charge in [0.2, 0.25) is 0 Å². The monoisotopic (exact) mass is 526 g/mol. The summed E-state index contributed by atoms with van der Waals surface area (Å²) in [5, 5.41) is 0.721. The maximum atomic E-state index is 14.3. The van der Waals surface area contributed by atoms with Gasteiger partial charge in [-0.15, -0.1) is 0 Å². The third-order valence-electron chi connectivity index (χ3n) is 8.50. The summed E-state index contributed by atoms with van der Waals surface area (Å²) >= 11 is 0. The highest BCUT2D eigenvalue weighted by atomic mass is 32.2. The van der Waals surface area contributed by atoms with Crippen molar-refractivity contribution >= 4 is 20.6 Å². The molecule has 3 aromatic rings. The van der Waals surface area contributed by atoms with Crippen molar-refractivity contribution in [1.82, 2.24) is 14.5 Å². The number of fused-ring (bicyclic) bond motifs is 1. The summed E-state index contributed by atoms with van der Waals surface area (Å²) in [4.78, 5) is 7.34. The summed E-state index contributed by atoms with van der Waals surface area (Å²) < 4.78 is 43.9. The predicted molar refractivity (Wildman–Crippen MR) is 146 cm³/mol. The molecule has 37 heavy (non-hydrogen) atoms. The average Bonchev–Trinajstić information content (AvgIpc) is 3.50. The molecule has 6 nitrogen and oxygen atoms in total. The fraction of sp³-hybridized carbons (Fsp3) is 0.552. The Morgan fingerprint density at radius 1 is 1.19 bits per heavy atom. The van der Waals surface area contributed by atoms with Gasteiger partial charge in [0, 0.05) is 48.8 Å². The molecule has 2 aromatic heterocycles. The molecule has 8 heteroatoms. The number of benzene rings is 1. The van der Waals surface area contributed by atoms with Crippen molar-refractivity contribution in [3.05, 3.63) is 53.7 Å². The van der Waals surface area contributed by atoms with E-state index in [1.54, 1.807) is 19.9 Å². The largest absolute Gasteiger partial charge is 0.381 e. The molecule has 1 N–H and O–H groups in total. The lowest BCUT2D eigenvalue weighted by Crippen LogP contribution is -2.39. The van der Waals surface area contributed by atoms with E-state index in [2.05, 4.69) is 29.9 Å². The smallest absolute Gasteiger partial charge is 0.124 e. The summed E-state index contributed by atoms with van der Waals surface area (Å²) in [7, 11) is -3.19. The van der Waals surface area contributed by atoms with E-state index in [1.807, 2.05) is 17.0 Å². The molecular formula is C29H39FN4O2S. The van der Waals surface area contributed by atoms with Crippen LogP contribution in [0.2, 0.25) is 0 Å². The van der Waals surface area contributed by atoms with E-state index in [-0.39, 0.29) is 4.90 Å². The number of nitrogens with zero attached hydrogens (tertiary/aromatic N) is 3. The highest BCUT2D eigenvalue weighted by molar-refractivity contribution is 7.93. The van der Waals surface area contributed by atoms with Gasteiger partial charge >= 0.3 is 0 Å². The van der Waals surface area contributed by atoms with Gasteiger partial charge in [0.05, 0.1) is 32.0 Å². The number of ether oxygens (including phenoxy) is 1. The van der Waals surface area contributed by atoms with Crippen molar-refractivity contribution in [1.29, 1.82) is 4.78 Å². The predicted octanol–water partition coefficient (Wildman–Crippen LogP) is 5.97. The van der Waals surface area contributed by atoms with Crippen LogP contribution in [-0.2, 0) is 20.9 Å². The molecule has 0 saturated carbocycles. The number of likely N-dealkylation sites (tertiary alicyclic amines) is 1. The van der Waals surface area contributed by atoms with Crippen molar-refractivity contribution in [2.75, 3.05) is 26.3 Å². The van der Waals surface area contributed by atoms with E-state index in [1.165, 1.54) is 24.1 Å². The summed E-state index contributed by atoms with van der Waals surface area (Å²) in [6.45, 7) is 11.9. The zero-order valence-electron chi connectivity index (χ0n) is 22.4. The molecule has 3 atom stereocenters. The molecule has 2 saturated heterocycles. The Kier molecular flexibility index (Phi) is 7.44. The Labute approximate surface area is 220 Å². The van der Waals surface area contributed by atoms with E-state index < -0.39 is 20.8 Å². The molecule has 0 aliphatic carbocycles. The lowest BCUT2D eigenvalue weighted by molar-refractivity contribution is 0.0348. The van der Waals surface area contributed by atoms with Crippen LogP contribution >= 0.6 is 0 Å². The first-order valence-corrected chi connectivity index (χ1v) is 15.1. The molecule has 1 aromatic carbocycles. The molecule has 4 heterocycles. The molecule has 0 radical (unpaired) electrons. The molecule has 2 aliphatic rings. The molecule has 0 unspecified atom stereocenters. The average molecular weight is 527 g/mol. The van der Waals surface area contributed by atoms with Crippen LogP contribution in [0, 0.1) is 29.4 Å². The quantitative estimate of drug-likeness (QED) is 0.412. The van der Waals surface area contributed by atoms with Crippen LogP contribution < -0.4 is 0 Å². The number of pyridine rings is 1. The highest BCUT2D eigenvalue weighted by Crippen LogP contribution is 2.35. The standard InChI is InChI=1S/C29H39FN4O2S/c1-19(2)37(31,35)28-14-25(30)5-6-26(28)34-18-24(29-20(3)15-32-16-27(29)34)13-22-7-10-33(17-22)21(4)23-8-11-36-12-9-23/h5-6,14-16,18-19,21-23,31H,7-13,17H2,1-4H3/t21-,22-,37+/m0/s1. The second-order valence-corrected chi connectivity index (χ2v) is 13.8. The van der Waals surface area contributed by atoms with Crippen LogP contribution in [-0.4, -0.2) is 56.3 Å². The van der Waals surface area contributed by atoms with E-state index in [0.29, 0.717) is 23.6 Å². The molecule has 2 fully saturated rings. The number of hydrogen-bond donors (Lipinski definition) is 1. The molecular weight excluding hydrogens is 487 g/mol. The fourth-order valence-corrected chi connectivity index (χ4v) is 7.46. The van der Waals surface area contributed by atoms with E-state index >= 15 is 0 Å². The maximum Gasteiger partial charge on any atom is 0.124 e. The second kappa shape index (κ2) is 10.5. The second-order valence-electron chi connectivity index (χ2n) is 11.2. The number of hydrogen-bond acceptors (Lipinski definition) is 5. The molecule has 0 bridgehead atoms. The van der Waals surface area contributed by atoms with Gasteiger partial charge < -0.3 is 14.2 Å². The molecule has 0 spiro atoms. The minimum Gasteiger partial charge on any atom is -0.381 e. The minimum atomic E-state index is -3.19. The minimum absolute atomic E-state index is 0.241. The van der Waals surface area contributed by atoms with E-state index in [9.17, 15) is 8.60 Å². The Morgan fingerprint density at radius 3 is 2.68 bits per heavy atom. The van der Waals surface area contributed by atoms with Gasteiger partial charge in [0.1, 0.15) is 5.82 Å². The van der Waals surface area contributed by atoms with E-state index in [4.69, 9.17) is 9.52 Å². The molecule has 5 rings (SSSR count). The number of rotatable bonds is 7. The van der Waals surface area contributed by atoms with Crippen LogP contribution in [0.5, 0.6) is 0 Å². The van der Waals surface area contributed by atoms with Crippen molar-refractivity contribution < 1.29 is 13.3 Å². The maximum absolute atomic E-state index is 14.3. The van der Waals surface area contributed by atoms with Crippen LogP contribution in [0.4, 0.5) is 4.39 Å². The first-order chi connectivity index (χ1) is 17.7. The Bertz CT molecular complexity index is 1380. The zero-order chi connectivity index (χ0) is 26.3.